The molecular weight excluding hydrogens is 270 g/mol. The minimum Gasteiger partial charge on any atom is -0.406 e. The van der Waals surface area contributed by atoms with Crippen LogP contribution in [0.5, 0.6) is 0 Å². The summed E-state index contributed by atoms with van der Waals surface area (Å²) < 4.78 is 29.4. The van der Waals surface area contributed by atoms with Crippen molar-refractivity contribution in [3.05, 3.63) is 5.89 Å². The van der Waals surface area contributed by atoms with Crippen LogP contribution in [0.1, 0.15) is 32.2 Å². The van der Waals surface area contributed by atoms with Crippen LogP contribution in [-0.4, -0.2) is 44.5 Å². The molecule has 0 amide bonds. The molecule has 1 aromatic heterocycles. The average Bonchev–Trinajstić information content (AvgIpc) is 2.79. The van der Waals surface area contributed by atoms with E-state index in [1.54, 1.807) is 0 Å². The summed E-state index contributed by atoms with van der Waals surface area (Å²) in [5.41, 5.74) is 0. The van der Waals surface area contributed by atoms with Crippen LogP contribution in [0.3, 0.4) is 0 Å². The first-order valence-corrected chi connectivity index (χ1v) is 8.07. The molecule has 0 spiro atoms. The van der Waals surface area contributed by atoms with Gasteiger partial charge in [-0.15, -0.1) is 5.10 Å². The molecule has 19 heavy (non-hydrogen) atoms. The maximum Gasteiger partial charge on any atom is 0.315 e. The fourth-order valence-corrected chi connectivity index (χ4v) is 1.81. The first-order chi connectivity index (χ1) is 8.92. The molecule has 0 fully saturated rings. The van der Waals surface area contributed by atoms with Gasteiger partial charge in [0.05, 0.1) is 12.3 Å². The predicted octanol–water partition coefficient (Wildman–Crippen LogP) is 0.0913. The number of hydrogen-bond donors (Lipinski definition) is 3. The van der Waals surface area contributed by atoms with Crippen molar-refractivity contribution in [2.24, 2.45) is 0 Å². The van der Waals surface area contributed by atoms with Gasteiger partial charge in [0, 0.05) is 13.1 Å². The van der Waals surface area contributed by atoms with Crippen molar-refractivity contribution in [3.63, 3.8) is 0 Å². The van der Waals surface area contributed by atoms with E-state index in [0.29, 0.717) is 12.4 Å². The van der Waals surface area contributed by atoms with Crippen molar-refractivity contribution >= 4 is 16.0 Å². The van der Waals surface area contributed by atoms with Gasteiger partial charge in [0.25, 0.3) is 0 Å². The quantitative estimate of drug-likeness (QED) is 0.553. The van der Waals surface area contributed by atoms with E-state index in [1.807, 2.05) is 6.92 Å². The number of rotatable bonds is 9. The highest BCUT2D eigenvalue weighted by molar-refractivity contribution is 7.88. The molecule has 0 aliphatic rings. The number of aromatic nitrogens is 2. The first kappa shape index (κ1) is 15.9. The lowest BCUT2D eigenvalue weighted by atomic mass is 10.3. The molecule has 1 unspecified atom stereocenters. The second-order valence-electron chi connectivity index (χ2n) is 4.21. The summed E-state index contributed by atoms with van der Waals surface area (Å²) in [5.74, 6) is 0.507. The van der Waals surface area contributed by atoms with E-state index in [4.69, 9.17) is 4.42 Å². The topological polar surface area (TPSA) is 109 Å². The monoisotopic (exact) mass is 291 g/mol. The minimum atomic E-state index is -3.16. The molecule has 0 saturated carbocycles. The Morgan fingerprint density at radius 1 is 1.26 bits per heavy atom. The van der Waals surface area contributed by atoms with E-state index < -0.39 is 10.0 Å². The summed E-state index contributed by atoms with van der Waals surface area (Å²) in [7, 11) is -3.16. The number of nitrogens with zero attached hydrogens (tertiary/aromatic N) is 2. The number of anilines is 1. The Bertz CT molecular complexity index is 473. The highest BCUT2D eigenvalue weighted by atomic mass is 32.2. The second kappa shape index (κ2) is 7.41. The molecule has 0 aliphatic heterocycles. The van der Waals surface area contributed by atoms with Gasteiger partial charge in [-0.25, -0.2) is 13.1 Å². The maximum absolute atomic E-state index is 10.8. The largest absolute Gasteiger partial charge is 0.406 e. The van der Waals surface area contributed by atoms with Crippen molar-refractivity contribution in [2.75, 3.05) is 31.2 Å². The molecule has 9 heteroatoms. The van der Waals surface area contributed by atoms with Gasteiger partial charge in [0.1, 0.15) is 0 Å². The maximum atomic E-state index is 10.8. The van der Waals surface area contributed by atoms with Gasteiger partial charge in [-0.2, -0.15) is 0 Å². The fourth-order valence-electron chi connectivity index (χ4n) is 1.34. The van der Waals surface area contributed by atoms with E-state index in [0.717, 1.165) is 19.2 Å². The molecule has 0 aromatic carbocycles. The SMILES string of the molecule is CCCNC(C)c1nnc(NCCNS(C)(=O)=O)o1. The summed E-state index contributed by atoms with van der Waals surface area (Å²) in [6, 6.07) is 0.285. The zero-order chi connectivity index (χ0) is 14.3. The standard InChI is InChI=1S/C10H21N5O3S/c1-4-5-11-8(2)9-14-15-10(18-9)12-6-7-13-19(3,16)17/h8,11,13H,4-7H2,1-3H3,(H,12,15). The van der Waals surface area contributed by atoms with Gasteiger partial charge in [-0.1, -0.05) is 12.0 Å². The van der Waals surface area contributed by atoms with Crippen LogP contribution in [0, 0.1) is 0 Å². The molecule has 0 saturated heterocycles. The van der Waals surface area contributed by atoms with E-state index in [1.165, 1.54) is 0 Å². The van der Waals surface area contributed by atoms with Crippen molar-refractivity contribution in [1.82, 2.24) is 20.2 Å². The van der Waals surface area contributed by atoms with Crippen molar-refractivity contribution in [1.29, 1.82) is 0 Å². The third-order valence-electron chi connectivity index (χ3n) is 2.28. The van der Waals surface area contributed by atoms with Gasteiger partial charge < -0.3 is 15.1 Å². The molecule has 1 heterocycles. The molecule has 1 rings (SSSR count). The molecule has 0 radical (unpaired) electrons. The average molecular weight is 291 g/mol. The van der Waals surface area contributed by atoms with Crippen LogP contribution < -0.4 is 15.4 Å². The Morgan fingerprint density at radius 3 is 2.63 bits per heavy atom. The first-order valence-electron chi connectivity index (χ1n) is 6.17. The third kappa shape index (κ3) is 6.50. The second-order valence-corrected chi connectivity index (χ2v) is 6.05. The number of hydrogen-bond acceptors (Lipinski definition) is 7. The third-order valence-corrected chi connectivity index (χ3v) is 3.01. The fraction of sp³-hybridized carbons (Fsp3) is 0.800. The summed E-state index contributed by atoms with van der Waals surface area (Å²) in [6.45, 7) is 5.55. The van der Waals surface area contributed by atoms with Gasteiger partial charge in [0.15, 0.2) is 0 Å². The van der Waals surface area contributed by atoms with Crippen molar-refractivity contribution < 1.29 is 12.8 Å². The van der Waals surface area contributed by atoms with E-state index in [-0.39, 0.29) is 18.6 Å². The Balaban J connectivity index is 2.34. The van der Waals surface area contributed by atoms with Crippen LogP contribution in [0.15, 0.2) is 4.42 Å². The minimum absolute atomic E-state index is 0.00264. The van der Waals surface area contributed by atoms with E-state index in [9.17, 15) is 8.42 Å². The highest BCUT2D eigenvalue weighted by Gasteiger charge is 2.12. The van der Waals surface area contributed by atoms with Gasteiger partial charge in [-0.3, -0.25) is 0 Å². The highest BCUT2D eigenvalue weighted by Crippen LogP contribution is 2.12. The smallest absolute Gasteiger partial charge is 0.315 e. The zero-order valence-electron chi connectivity index (χ0n) is 11.4. The zero-order valence-corrected chi connectivity index (χ0v) is 12.2. The number of nitrogens with one attached hydrogen (secondary N) is 3. The van der Waals surface area contributed by atoms with Crippen molar-refractivity contribution in [3.8, 4) is 0 Å². The molecule has 0 bridgehead atoms. The van der Waals surface area contributed by atoms with Gasteiger partial charge in [-0.05, 0) is 19.9 Å². The molecular formula is C10H21N5O3S. The summed E-state index contributed by atoms with van der Waals surface area (Å²) >= 11 is 0. The molecule has 0 aliphatic carbocycles. The lowest BCUT2D eigenvalue weighted by Crippen LogP contribution is -2.27. The van der Waals surface area contributed by atoms with Crippen LogP contribution in [-0.2, 0) is 10.0 Å². The van der Waals surface area contributed by atoms with Crippen molar-refractivity contribution in [2.45, 2.75) is 26.3 Å². The Kier molecular flexibility index (Phi) is 6.19. The summed E-state index contributed by atoms with van der Waals surface area (Å²) in [5, 5.41) is 13.8. The molecule has 8 nitrogen and oxygen atoms in total. The predicted molar refractivity (Wildman–Crippen MR) is 72.3 cm³/mol. The lowest BCUT2D eigenvalue weighted by molar-refractivity contribution is 0.423. The lowest BCUT2D eigenvalue weighted by Gasteiger charge is -2.07. The normalized spacial score (nSPS) is 13.4. The van der Waals surface area contributed by atoms with Crippen LogP contribution in [0.25, 0.3) is 0 Å². The Morgan fingerprint density at radius 2 is 2.00 bits per heavy atom. The van der Waals surface area contributed by atoms with E-state index in [2.05, 4.69) is 32.5 Å². The van der Waals surface area contributed by atoms with E-state index >= 15 is 0 Å². The summed E-state index contributed by atoms with van der Waals surface area (Å²) in [4.78, 5) is 0. The molecule has 3 N–H and O–H groups in total. The van der Waals surface area contributed by atoms with Gasteiger partial charge >= 0.3 is 6.01 Å². The Labute approximate surface area is 113 Å². The number of sulfonamides is 1. The molecule has 110 valence electrons. The Hall–Kier alpha value is -1.19. The van der Waals surface area contributed by atoms with Crippen LogP contribution >= 0.6 is 0 Å². The molecule has 1 atom stereocenters. The molecule has 1 aromatic rings. The van der Waals surface area contributed by atoms with Crippen LogP contribution in [0.4, 0.5) is 6.01 Å². The summed E-state index contributed by atoms with van der Waals surface area (Å²) in [6.07, 6.45) is 2.14. The van der Waals surface area contributed by atoms with Gasteiger partial charge in [0.2, 0.25) is 15.9 Å². The van der Waals surface area contributed by atoms with Crippen LogP contribution in [0.2, 0.25) is 0 Å².